The Morgan fingerprint density at radius 1 is 0.913 bits per heavy atom. The van der Waals surface area contributed by atoms with E-state index in [1.54, 1.807) is 0 Å². The summed E-state index contributed by atoms with van der Waals surface area (Å²) in [5.74, 6) is -0.562. The van der Waals surface area contributed by atoms with Crippen LogP contribution in [-0.4, -0.2) is 18.4 Å². The third kappa shape index (κ3) is 5.58. The van der Waals surface area contributed by atoms with Crippen molar-refractivity contribution in [1.29, 1.82) is 0 Å². The number of hydrogen-bond donors (Lipinski definition) is 2. The lowest BCUT2D eigenvalue weighted by atomic mass is 10.1. The van der Waals surface area contributed by atoms with Gasteiger partial charge in [-0.15, -0.1) is 0 Å². The number of rotatable bonds is 6. The average molecular weight is 310 g/mol. The van der Waals surface area contributed by atoms with Gasteiger partial charge in [-0.05, 0) is 49.1 Å². The second-order valence-electron chi connectivity index (χ2n) is 5.61. The summed E-state index contributed by atoms with van der Waals surface area (Å²) < 4.78 is 0. The van der Waals surface area contributed by atoms with Crippen LogP contribution in [-0.2, 0) is 16.0 Å². The highest BCUT2D eigenvalue weighted by molar-refractivity contribution is 6.03. The van der Waals surface area contributed by atoms with Crippen molar-refractivity contribution in [2.75, 3.05) is 11.9 Å². The van der Waals surface area contributed by atoms with E-state index < -0.39 is 0 Å². The number of carbonyl (C=O) groups is 2. The Balaban J connectivity index is 1.74. The van der Waals surface area contributed by atoms with Gasteiger partial charge in [0, 0.05) is 12.2 Å². The maximum Gasteiger partial charge on any atom is 0.233 e. The Morgan fingerprint density at radius 3 is 2.35 bits per heavy atom. The molecule has 0 heterocycles. The molecule has 2 rings (SSSR count). The molecule has 0 aromatic heterocycles. The van der Waals surface area contributed by atoms with Gasteiger partial charge in [-0.25, -0.2) is 0 Å². The molecule has 23 heavy (non-hydrogen) atoms. The van der Waals surface area contributed by atoms with Gasteiger partial charge in [0.15, 0.2) is 0 Å². The normalized spacial score (nSPS) is 10.2. The summed E-state index contributed by atoms with van der Waals surface area (Å²) in [6.45, 7) is 4.53. The SMILES string of the molecule is Cc1ccc(NC(=O)CC(=O)NCCc2ccccc2)cc1C. The van der Waals surface area contributed by atoms with Crippen LogP contribution in [0.25, 0.3) is 0 Å². The van der Waals surface area contributed by atoms with Gasteiger partial charge in [-0.3, -0.25) is 9.59 Å². The lowest BCUT2D eigenvalue weighted by Gasteiger charge is -2.08. The van der Waals surface area contributed by atoms with Crippen LogP contribution in [0.3, 0.4) is 0 Å². The minimum atomic E-state index is -0.300. The van der Waals surface area contributed by atoms with Crippen LogP contribution in [0.2, 0.25) is 0 Å². The highest BCUT2D eigenvalue weighted by atomic mass is 16.2. The smallest absolute Gasteiger partial charge is 0.233 e. The van der Waals surface area contributed by atoms with Gasteiger partial charge in [0.1, 0.15) is 6.42 Å². The third-order valence-electron chi connectivity index (χ3n) is 3.69. The zero-order valence-corrected chi connectivity index (χ0v) is 13.6. The van der Waals surface area contributed by atoms with E-state index in [1.807, 2.05) is 62.4 Å². The third-order valence-corrected chi connectivity index (χ3v) is 3.69. The van der Waals surface area contributed by atoms with E-state index in [2.05, 4.69) is 10.6 Å². The highest BCUT2D eigenvalue weighted by Crippen LogP contribution is 2.14. The molecule has 0 radical (unpaired) electrons. The summed E-state index contributed by atoms with van der Waals surface area (Å²) in [6.07, 6.45) is 0.590. The van der Waals surface area contributed by atoms with Crippen molar-refractivity contribution in [2.45, 2.75) is 26.7 Å². The lowest BCUT2D eigenvalue weighted by molar-refractivity contribution is -0.126. The van der Waals surface area contributed by atoms with E-state index >= 15 is 0 Å². The van der Waals surface area contributed by atoms with Crippen molar-refractivity contribution in [3.8, 4) is 0 Å². The molecule has 4 nitrogen and oxygen atoms in total. The van der Waals surface area contributed by atoms with E-state index in [1.165, 1.54) is 5.56 Å². The summed E-state index contributed by atoms with van der Waals surface area (Å²) >= 11 is 0. The van der Waals surface area contributed by atoms with Crippen LogP contribution >= 0.6 is 0 Å². The largest absolute Gasteiger partial charge is 0.355 e. The zero-order chi connectivity index (χ0) is 16.7. The van der Waals surface area contributed by atoms with Crippen molar-refractivity contribution >= 4 is 17.5 Å². The molecule has 0 fully saturated rings. The minimum absolute atomic E-state index is 0.165. The van der Waals surface area contributed by atoms with Crippen molar-refractivity contribution in [1.82, 2.24) is 5.32 Å². The molecule has 4 heteroatoms. The fourth-order valence-electron chi connectivity index (χ4n) is 2.22. The molecule has 0 aliphatic rings. The number of hydrogen-bond acceptors (Lipinski definition) is 2. The fourth-order valence-corrected chi connectivity index (χ4v) is 2.22. The van der Waals surface area contributed by atoms with E-state index in [0.29, 0.717) is 6.54 Å². The molecule has 2 N–H and O–H groups in total. The van der Waals surface area contributed by atoms with Gasteiger partial charge in [0.05, 0.1) is 0 Å². The van der Waals surface area contributed by atoms with Crippen molar-refractivity contribution < 1.29 is 9.59 Å². The second-order valence-corrected chi connectivity index (χ2v) is 5.61. The Hall–Kier alpha value is -2.62. The standard InChI is InChI=1S/C19H22N2O2/c1-14-8-9-17(12-15(14)2)21-19(23)13-18(22)20-11-10-16-6-4-3-5-7-16/h3-9,12H,10-11,13H2,1-2H3,(H,20,22)(H,21,23). The Bertz CT molecular complexity index is 681. The predicted molar refractivity (Wildman–Crippen MR) is 92.3 cm³/mol. The number of anilines is 1. The van der Waals surface area contributed by atoms with Crippen molar-refractivity contribution in [3.63, 3.8) is 0 Å². The molecule has 2 amide bonds. The average Bonchev–Trinajstić information content (AvgIpc) is 2.52. The summed E-state index contributed by atoms with van der Waals surface area (Å²) in [7, 11) is 0. The van der Waals surface area contributed by atoms with Crippen LogP contribution in [0.15, 0.2) is 48.5 Å². The molecule has 0 atom stereocenters. The van der Waals surface area contributed by atoms with Crippen LogP contribution in [0, 0.1) is 13.8 Å². The molecule has 2 aromatic carbocycles. The van der Waals surface area contributed by atoms with Gasteiger partial charge in [-0.2, -0.15) is 0 Å². The lowest BCUT2D eigenvalue weighted by Crippen LogP contribution is -2.29. The number of amides is 2. The van der Waals surface area contributed by atoms with Gasteiger partial charge in [-0.1, -0.05) is 36.4 Å². The van der Waals surface area contributed by atoms with Crippen molar-refractivity contribution in [2.24, 2.45) is 0 Å². The fraction of sp³-hybridized carbons (Fsp3) is 0.263. The van der Waals surface area contributed by atoms with Crippen LogP contribution in [0.1, 0.15) is 23.1 Å². The van der Waals surface area contributed by atoms with Gasteiger partial charge < -0.3 is 10.6 Å². The molecule has 0 bridgehead atoms. The van der Waals surface area contributed by atoms with E-state index in [0.717, 1.165) is 23.2 Å². The summed E-state index contributed by atoms with van der Waals surface area (Å²) in [5.41, 5.74) is 4.15. The summed E-state index contributed by atoms with van der Waals surface area (Å²) in [4.78, 5) is 23.7. The minimum Gasteiger partial charge on any atom is -0.355 e. The zero-order valence-electron chi connectivity index (χ0n) is 13.6. The topological polar surface area (TPSA) is 58.2 Å². The molecule has 0 aliphatic heterocycles. The molecule has 0 unspecified atom stereocenters. The Kier molecular flexibility index (Phi) is 5.92. The first-order valence-electron chi connectivity index (χ1n) is 7.72. The van der Waals surface area contributed by atoms with Gasteiger partial charge >= 0.3 is 0 Å². The monoisotopic (exact) mass is 310 g/mol. The van der Waals surface area contributed by atoms with E-state index in [-0.39, 0.29) is 18.2 Å². The molecule has 0 spiro atoms. The Morgan fingerprint density at radius 2 is 1.65 bits per heavy atom. The first kappa shape index (κ1) is 16.7. The molecular formula is C19H22N2O2. The molecular weight excluding hydrogens is 288 g/mol. The summed E-state index contributed by atoms with van der Waals surface area (Å²) in [5, 5.41) is 5.52. The second kappa shape index (κ2) is 8.13. The Labute approximate surface area is 136 Å². The number of nitrogens with one attached hydrogen (secondary N) is 2. The first-order chi connectivity index (χ1) is 11.0. The number of benzene rings is 2. The molecule has 2 aromatic rings. The van der Waals surface area contributed by atoms with Crippen LogP contribution in [0.5, 0.6) is 0 Å². The molecule has 0 saturated carbocycles. The maximum absolute atomic E-state index is 11.9. The van der Waals surface area contributed by atoms with Gasteiger partial charge in [0.25, 0.3) is 0 Å². The van der Waals surface area contributed by atoms with E-state index in [9.17, 15) is 9.59 Å². The maximum atomic E-state index is 11.9. The highest BCUT2D eigenvalue weighted by Gasteiger charge is 2.09. The molecule has 0 aliphatic carbocycles. The van der Waals surface area contributed by atoms with Crippen LogP contribution < -0.4 is 10.6 Å². The predicted octanol–water partition coefficient (Wildman–Crippen LogP) is 2.99. The van der Waals surface area contributed by atoms with Gasteiger partial charge in [0.2, 0.25) is 11.8 Å². The molecule has 120 valence electrons. The number of carbonyl (C=O) groups excluding carboxylic acids is 2. The molecule has 0 saturated heterocycles. The first-order valence-corrected chi connectivity index (χ1v) is 7.72. The summed E-state index contributed by atoms with van der Waals surface area (Å²) in [6, 6.07) is 15.6. The number of aryl methyl sites for hydroxylation is 2. The van der Waals surface area contributed by atoms with Crippen LogP contribution in [0.4, 0.5) is 5.69 Å². The van der Waals surface area contributed by atoms with E-state index in [4.69, 9.17) is 0 Å². The van der Waals surface area contributed by atoms with Crippen molar-refractivity contribution in [3.05, 3.63) is 65.2 Å². The quantitative estimate of drug-likeness (QED) is 0.806.